The Morgan fingerprint density at radius 3 is 0.969 bits per heavy atom. The fraction of sp³-hybridized carbons (Fsp3) is 0.217. The topological polar surface area (TPSA) is 13.0 Å². The molecule has 14 rings (SSSR count). The molecule has 0 fully saturated rings. The maximum absolute atomic E-state index is 2.63. The third-order valence-electron chi connectivity index (χ3n) is 20.3. The SMILES string of the molecule is Cc1cc(-c2ccccc2)cc(C)c1N1c2cc(N(c3ccc(C(C)(C)C)cc3)c3ccc(C(C)(C)C)cc3)ccc2B2c3ccc(N(c4ccc(C(C)(C)C)cc4)c4ccc(C(C)(C)C)cc4-c4ccccc4)cc3N(c3c(C)cc(-c4ccccc4)cc3C)c3cccc1c32. The van der Waals surface area contributed by atoms with Gasteiger partial charge in [0, 0.05) is 56.7 Å². The summed E-state index contributed by atoms with van der Waals surface area (Å²) in [5.41, 5.74) is 34.5. The minimum Gasteiger partial charge on any atom is -0.311 e. The van der Waals surface area contributed by atoms with Gasteiger partial charge < -0.3 is 19.6 Å². The molecule has 2 aliphatic heterocycles. The van der Waals surface area contributed by atoms with E-state index >= 15 is 0 Å². The molecule has 482 valence electrons. The van der Waals surface area contributed by atoms with Gasteiger partial charge in [0.2, 0.25) is 0 Å². The zero-order valence-corrected chi connectivity index (χ0v) is 59.7. The Morgan fingerprint density at radius 1 is 0.268 bits per heavy atom. The van der Waals surface area contributed by atoms with Crippen LogP contribution in [0.25, 0.3) is 33.4 Å². The summed E-state index contributed by atoms with van der Waals surface area (Å²) in [7, 11) is 0. The number of nitrogens with zero attached hydrogens (tertiary/aromatic N) is 4. The van der Waals surface area contributed by atoms with Crippen LogP contribution in [0.1, 0.15) is 128 Å². The minimum atomic E-state index is -0.156. The van der Waals surface area contributed by atoms with E-state index in [0.29, 0.717) is 0 Å². The van der Waals surface area contributed by atoms with Crippen LogP contribution in [0.5, 0.6) is 0 Å². The third kappa shape index (κ3) is 12.0. The normalized spacial score (nSPS) is 12.9. The van der Waals surface area contributed by atoms with Crippen LogP contribution in [0.15, 0.2) is 261 Å². The molecule has 0 saturated heterocycles. The van der Waals surface area contributed by atoms with E-state index < -0.39 is 0 Å². The fourth-order valence-electron chi connectivity index (χ4n) is 15.1. The summed E-state index contributed by atoms with van der Waals surface area (Å²) in [5.74, 6) is 0. The summed E-state index contributed by atoms with van der Waals surface area (Å²) in [6.07, 6.45) is 0. The molecule has 0 N–H and O–H groups in total. The number of anilines is 12. The zero-order chi connectivity index (χ0) is 68.0. The van der Waals surface area contributed by atoms with Gasteiger partial charge in [0.1, 0.15) is 0 Å². The van der Waals surface area contributed by atoms with Gasteiger partial charge in [-0.3, -0.25) is 0 Å². The van der Waals surface area contributed by atoms with Crippen molar-refractivity contribution >= 4 is 91.3 Å². The molecule has 12 aromatic rings. The molecule has 0 spiro atoms. The standard InChI is InChI=1S/C92H91BN4/c1-60-53-67(64-27-20-17-21-28-64)54-61(2)87(60)96-82-33-26-34-83-86(82)93(79-50-48-76(58-84(79)96)94(73-42-35-69(36-43-73)89(5,6)7)74-44-37-70(38-45-74)90(8,9)10)80-51-49-77(59-85(80)97(83)88-62(3)55-68(56-63(88)4)65-29-22-18-23-30-65)95(75-46-39-71(40-47-75)91(11,12)13)81-52-41-72(92(14,15)16)57-78(81)66-31-24-19-25-32-66/h17-59H,1-16H3. The zero-order valence-electron chi connectivity index (χ0n) is 59.7. The number of aryl methyl sites for hydroxylation is 4. The van der Waals surface area contributed by atoms with Gasteiger partial charge in [-0.15, -0.1) is 0 Å². The van der Waals surface area contributed by atoms with Crippen LogP contribution in [0.2, 0.25) is 0 Å². The van der Waals surface area contributed by atoms with Crippen LogP contribution in [0.4, 0.5) is 68.2 Å². The van der Waals surface area contributed by atoms with E-state index in [-0.39, 0.29) is 28.4 Å². The van der Waals surface area contributed by atoms with Gasteiger partial charge in [-0.1, -0.05) is 235 Å². The summed E-state index contributed by atoms with van der Waals surface area (Å²) >= 11 is 0. The molecule has 12 aromatic carbocycles. The van der Waals surface area contributed by atoms with E-state index in [9.17, 15) is 0 Å². The monoisotopic (exact) mass is 1260 g/mol. The smallest absolute Gasteiger partial charge is 0.252 e. The van der Waals surface area contributed by atoms with Gasteiger partial charge in [-0.25, -0.2) is 0 Å². The van der Waals surface area contributed by atoms with Crippen LogP contribution >= 0.6 is 0 Å². The molecular formula is C92H91BN4. The summed E-state index contributed by atoms with van der Waals surface area (Å²) in [5, 5.41) is 0. The highest BCUT2D eigenvalue weighted by Crippen LogP contribution is 2.52. The van der Waals surface area contributed by atoms with Gasteiger partial charge in [0.05, 0.1) is 17.1 Å². The van der Waals surface area contributed by atoms with E-state index in [0.717, 1.165) is 45.5 Å². The highest BCUT2D eigenvalue weighted by Gasteiger charge is 2.45. The summed E-state index contributed by atoms with van der Waals surface area (Å²) in [6.45, 7) is 36.7. The molecule has 0 unspecified atom stereocenters. The molecule has 0 aromatic heterocycles. The lowest BCUT2D eigenvalue weighted by Crippen LogP contribution is -2.61. The van der Waals surface area contributed by atoms with E-state index in [1.165, 1.54) is 117 Å². The maximum atomic E-state index is 2.63. The van der Waals surface area contributed by atoms with Crippen molar-refractivity contribution in [1.82, 2.24) is 0 Å². The van der Waals surface area contributed by atoms with Crippen molar-refractivity contribution in [2.45, 2.75) is 132 Å². The first-order chi connectivity index (χ1) is 46.3. The van der Waals surface area contributed by atoms with Gasteiger partial charge in [0.15, 0.2) is 0 Å². The molecule has 0 atom stereocenters. The van der Waals surface area contributed by atoms with Crippen molar-refractivity contribution in [2.24, 2.45) is 0 Å². The number of hydrogen-bond donors (Lipinski definition) is 0. The van der Waals surface area contributed by atoms with Crippen molar-refractivity contribution in [3.8, 4) is 33.4 Å². The molecule has 0 saturated carbocycles. The fourth-order valence-corrected chi connectivity index (χ4v) is 15.1. The first-order valence-corrected chi connectivity index (χ1v) is 34.8. The first kappa shape index (κ1) is 64.3. The number of benzene rings is 12. The van der Waals surface area contributed by atoms with E-state index in [4.69, 9.17) is 0 Å². The van der Waals surface area contributed by atoms with E-state index in [1.807, 2.05) is 0 Å². The second-order valence-electron chi connectivity index (χ2n) is 31.4. The molecule has 4 nitrogen and oxygen atoms in total. The largest absolute Gasteiger partial charge is 0.311 e. The van der Waals surface area contributed by atoms with Crippen molar-refractivity contribution in [3.63, 3.8) is 0 Å². The van der Waals surface area contributed by atoms with E-state index in [1.54, 1.807) is 0 Å². The predicted molar refractivity (Wildman–Crippen MR) is 420 cm³/mol. The third-order valence-corrected chi connectivity index (χ3v) is 20.3. The lowest BCUT2D eigenvalue weighted by atomic mass is 9.33. The van der Waals surface area contributed by atoms with Gasteiger partial charge >= 0.3 is 0 Å². The Kier molecular flexibility index (Phi) is 16.2. The molecular weight excluding hydrogens is 1170 g/mol. The van der Waals surface area contributed by atoms with Gasteiger partial charge in [-0.2, -0.15) is 0 Å². The lowest BCUT2D eigenvalue weighted by molar-refractivity contribution is 0.590. The molecule has 2 aliphatic rings. The number of hydrogen-bond acceptors (Lipinski definition) is 4. The lowest BCUT2D eigenvalue weighted by Gasteiger charge is -2.46. The second kappa shape index (κ2) is 24.5. The Labute approximate surface area is 578 Å². The highest BCUT2D eigenvalue weighted by atomic mass is 15.2. The van der Waals surface area contributed by atoms with Gasteiger partial charge in [0.25, 0.3) is 6.71 Å². The Morgan fingerprint density at radius 2 is 0.598 bits per heavy atom. The number of fused-ring (bicyclic) bond motifs is 4. The maximum Gasteiger partial charge on any atom is 0.252 e. The van der Waals surface area contributed by atoms with Crippen molar-refractivity contribution < 1.29 is 0 Å². The quantitative estimate of drug-likeness (QED) is 0.120. The summed E-state index contributed by atoms with van der Waals surface area (Å²) in [6, 6.07) is 99.2. The summed E-state index contributed by atoms with van der Waals surface area (Å²) in [4.78, 5) is 10.3. The molecule has 0 radical (unpaired) electrons. The average Bonchev–Trinajstić information content (AvgIpc) is 0.694. The van der Waals surface area contributed by atoms with Crippen LogP contribution < -0.4 is 36.0 Å². The van der Waals surface area contributed by atoms with Crippen molar-refractivity contribution in [2.75, 3.05) is 19.6 Å². The Balaban J connectivity index is 1.06. The minimum absolute atomic E-state index is 0.00348. The molecule has 5 heteroatoms. The van der Waals surface area contributed by atoms with Crippen LogP contribution in [0, 0.1) is 27.7 Å². The van der Waals surface area contributed by atoms with Crippen LogP contribution in [-0.4, -0.2) is 6.71 Å². The Hall–Kier alpha value is -10.1. The van der Waals surface area contributed by atoms with Crippen molar-refractivity contribution in [1.29, 1.82) is 0 Å². The molecule has 0 bridgehead atoms. The van der Waals surface area contributed by atoms with E-state index in [2.05, 4.69) is 391 Å². The predicted octanol–water partition coefficient (Wildman–Crippen LogP) is 24.1. The molecule has 2 heterocycles. The summed E-state index contributed by atoms with van der Waals surface area (Å²) < 4.78 is 0. The average molecular weight is 1260 g/mol. The first-order valence-electron chi connectivity index (χ1n) is 34.8. The number of rotatable bonds is 11. The van der Waals surface area contributed by atoms with Crippen LogP contribution in [-0.2, 0) is 21.7 Å². The molecule has 0 aliphatic carbocycles. The Bertz CT molecular complexity index is 4820. The van der Waals surface area contributed by atoms with Crippen molar-refractivity contribution in [3.05, 3.63) is 305 Å². The van der Waals surface area contributed by atoms with Gasteiger partial charge in [-0.05, 0) is 247 Å². The highest BCUT2D eigenvalue weighted by molar-refractivity contribution is 7.00. The van der Waals surface area contributed by atoms with Crippen LogP contribution in [0.3, 0.4) is 0 Å². The second-order valence-corrected chi connectivity index (χ2v) is 31.4. The molecule has 97 heavy (non-hydrogen) atoms. The molecule has 0 amide bonds.